The second kappa shape index (κ2) is 7.60. The van der Waals surface area contributed by atoms with Crippen molar-refractivity contribution in [1.29, 1.82) is 0 Å². The Morgan fingerprint density at radius 3 is 2.41 bits per heavy atom. The molecule has 0 spiro atoms. The first-order chi connectivity index (χ1) is 13.1. The lowest BCUT2D eigenvalue weighted by molar-refractivity contribution is 0.245. The molecule has 3 heterocycles. The number of piperazine rings is 1. The zero-order chi connectivity index (χ0) is 18.8. The molecule has 4 rings (SSSR count). The van der Waals surface area contributed by atoms with Crippen molar-refractivity contribution in [3.8, 4) is 11.8 Å². The molecule has 0 unspecified atom stereocenters. The molecule has 2 N–H and O–H groups in total. The van der Waals surface area contributed by atoms with Crippen LogP contribution in [0.2, 0.25) is 0 Å². The van der Waals surface area contributed by atoms with Gasteiger partial charge in [-0.25, -0.2) is 9.97 Å². The molecule has 1 aliphatic carbocycles. The number of fused-ring (bicyclic) bond motifs is 1. The summed E-state index contributed by atoms with van der Waals surface area (Å²) < 4.78 is 1.67. The highest BCUT2D eigenvalue weighted by Gasteiger charge is 2.24. The predicted molar refractivity (Wildman–Crippen MR) is 104 cm³/mol. The van der Waals surface area contributed by atoms with Crippen molar-refractivity contribution >= 4 is 5.95 Å². The largest absolute Gasteiger partial charge is 0.494 e. The first-order valence-electron chi connectivity index (χ1n) is 9.65. The van der Waals surface area contributed by atoms with E-state index in [2.05, 4.69) is 32.8 Å². The van der Waals surface area contributed by atoms with Crippen molar-refractivity contribution in [3.05, 3.63) is 41.2 Å². The fourth-order valence-corrected chi connectivity index (χ4v) is 4.01. The molecule has 1 aliphatic heterocycles. The van der Waals surface area contributed by atoms with Gasteiger partial charge >= 0.3 is 0 Å². The minimum Gasteiger partial charge on any atom is -0.494 e. The Balaban J connectivity index is 1.29. The van der Waals surface area contributed by atoms with Gasteiger partial charge < -0.3 is 15.1 Å². The summed E-state index contributed by atoms with van der Waals surface area (Å²) in [6.07, 6.45) is 8.01. The molecule has 2 aromatic rings. The molecule has 7 heteroatoms. The van der Waals surface area contributed by atoms with Crippen LogP contribution >= 0.6 is 0 Å². The molecule has 2 aromatic heterocycles. The number of hydrogen-bond acceptors (Lipinski definition) is 6. The minimum absolute atomic E-state index is 0.234. The van der Waals surface area contributed by atoms with Gasteiger partial charge in [-0.2, -0.15) is 0 Å². The van der Waals surface area contributed by atoms with E-state index in [1.807, 2.05) is 6.07 Å². The molecule has 27 heavy (non-hydrogen) atoms. The van der Waals surface area contributed by atoms with Crippen LogP contribution in [0, 0.1) is 0 Å². The Morgan fingerprint density at radius 1 is 0.963 bits per heavy atom. The van der Waals surface area contributed by atoms with Gasteiger partial charge in [0.25, 0.3) is 0 Å². The zero-order valence-electron chi connectivity index (χ0n) is 15.8. The average molecular weight is 369 g/mol. The van der Waals surface area contributed by atoms with Crippen molar-refractivity contribution < 1.29 is 10.2 Å². The van der Waals surface area contributed by atoms with E-state index in [0.717, 1.165) is 62.6 Å². The van der Waals surface area contributed by atoms with Gasteiger partial charge in [-0.3, -0.25) is 9.47 Å². The van der Waals surface area contributed by atoms with E-state index in [4.69, 9.17) is 0 Å². The van der Waals surface area contributed by atoms with Crippen LogP contribution in [0.3, 0.4) is 0 Å². The Hall–Kier alpha value is -2.54. The van der Waals surface area contributed by atoms with Gasteiger partial charge in [0.15, 0.2) is 11.8 Å². The van der Waals surface area contributed by atoms with Crippen LogP contribution in [-0.4, -0.2) is 62.4 Å². The second-order valence-corrected chi connectivity index (χ2v) is 7.42. The molecular formula is C20H27N5O2. The van der Waals surface area contributed by atoms with E-state index in [0.29, 0.717) is 13.0 Å². The molecule has 0 radical (unpaired) electrons. The first-order valence-corrected chi connectivity index (χ1v) is 9.65. The normalized spacial score (nSPS) is 17.7. The van der Waals surface area contributed by atoms with E-state index in [1.165, 1.54) is 5.57 Å². The summed E-state index contributed by atoms with van der Waals surface area (Å²) >= 11 is 0. The van der Waals surface area contributed by atoms with Gasteiger partial charge in [0.2, 0.25) is 5.95 Å². The zero-order valence-corrected chi connectivity index (χ0v) is 15.8. The smallest absolute Gasteiger partial charge is 0.225 e. The monoisotopic (exact) mass is 369 g/mol. The quantitative estimate of drug-likeness (QED) is 0.785. The highest BCUT2D eigenvalue weighted by Crippen LogP contribution is 2.38. The van der Waals surface area contributed by atoms with Crippen LogP contribution in [0.5, 0.6) is 11.8 Å². The fraction of sp³-hybridized carbons (Fsp3) is 0.500. The Morgan fingerprint density at radius 2 is 1.67 bits per heavy atom. The lowest BCUT2D eigenvalue weighted by Crippen LogP contribution is -2.47. The van der Waals surface area contributed by atoms with E-state index in [1.54, 1.807) is 17.0 Å². The summed E-state index contributed by atoms with van der Waals surface area (Å²) in [5.74, 6) is 1.27. The summed E-state index contributed by atoms with van der Waals surface area (Å²) in [4.78, 5) is 13.3. The van der Waals surface area contributed by atoms with E-state index < -0.39 is 0 Å². The van der Waals surface area contributed by atoms with Crippen molar-refractivity contribution in [2.75, 3.05) is 37.6 Å². The van der Waals surface area contributed by atoms with Crippen molar-refractivity contribution in [2.24, 2.45) is 0 Å². The summed E-state index contributed by atoms with van der Waals surface area (Å²) in [6, 6.07) is 1.83. The average Bonchev–Trinajstić information content (AvgIpc) is 2.93. The van der Waals surface area contributed by atoms with Crippen LogP contribution in [0.25, 0.3) is 0 Å². The van der Waals surface area contributed by atoms with Crippen molar-refractivity contribution in [2.45, 2.75) is 32.7 Å². The number of aromatic nitrogens is 3. The van der Waals surface area contributed by atoms with Gasteiger partial charge in [0.05, 0.1) is 0 Å². The molecule has 0 atom stereocenters. The van der Waals surface area contributed by atoms with Crippen LogP contribution in [0.15, 0.2) is 30.1 Å². The SMILES string of the molecule is CC1=CCc2c(c(O)n(CCCN3CCN(c4ncccn4)CC3)c2O)C1. The molecule has 7 nitrogen and oxygen atoms in total. The number of hydrogen-bond donors (Lipinski definition) is 2. The van der Waals surface area contributed by atoms with Gasteiger partial charge in [-0.05, 0) is 38.8 Å². The van der Waals surface area contributed by atoms with Gasteiger partial charge in [-0.1, -0.05) is 11.6 Å². The summed E-state index contributed by atoms with van der Waals surface area (Å²) in [5, 5.41) is 21.0. The molecule has 2 aliphatic rings. The maximum Gasteiger partial charge on any atom is 0.225 e. The fourth-order valence-electron chi connectivity index (χ4n) is 4.01. The lowest BCUT2D eigenvalue weighted by Gasteiger charge is -2.34. The topological polar surface area (TPSA) is 77.7 Å². The lowest BCUT2D eigenvalue weighted by atomic mass is 9.96. The van der Waals surface area contributed by atoms with Gasteiger partial charge in [0.1, 0.15) is 0 Å². The van der Waals surface area contributed by atoms with Crippen LogP contribution in [0.1, 0.15) is 24.5 Å². The number of nitrogens with zero attached hydrogens (tertiary/aromatic N) is 5. The standard InChI is InChI=1S/C20H27N5O2/c1-15-4-5-16-17(14-15)19(27)25(18(16)26)9-3-8-23-10-12-24(13-11-23)20-21-6-2-7-22-20/h2,4,6-7,26-27H,3,5,8-14H2,1H3. The van der Waals surface area contributed by atoms with Crippen LogP contribution in [-0.2, 0) is 19.4 Å². The van der Waals surface area contributed by atoms with E-state index >= 15 is 0 Å². The predicted octanol–water partition coefficient (Wildman–Crippen LogP) is 1.95. The summed E-state index contributed by atoms with van der Waals surface area (Å²) in [6.45, 7) is 7.43. The molecule has 1 fully saturated rings. The third-order valence-electron chi connectivity index (χ3n) is 5.59. The first kappa shape index (κ1) is 17.9. The molecule has 0 aromatic carbocycles. The highest BCUT2D eigenvalue weighted by molar-refractivity contribution is 5.50. The molecule has 0 bridgehead atoms. The van der Waals surface area contributed by atoms with E-state index in [-0.39, 0.29) is 11.8 Å². The van der Waals surface area contributed by atoms with Gasteiger partial charge in [-0.15, -0.1) is 0 Å². The second-order valence-electron chi connectivity index (χ2n) is 7.42. The minimum atomic E-state index is 0.234. The Bertz CT molecular complexity index is 823. The molecule has 0 saturated carbocycles. The number of allylic oxidation sites excluding steroid dienone is 2. The maximum absolute atomic E-state index is 10.5. The summed E-state index contributed by atoms with van der Waals surface area (Å²) in [7, 11) is 0. The third-order valence-corrected chi connectivity index (χ3v) is 5.59. The summed E-state index contributed by atoms with van der Waals surface area (Å²) in [5.41, 5.74) is 3.02. The molecular weight excluding hydrogens is 342 g/mol. The maximum atomic E-state index is 10.5. The van der Waals surface area contributed by atoms with Crippen LogP contribution in [0.4, 0.5) is 5.95 Å². The van der Waals surface area contributed by atoms with Crippen LogP contribution < -0.4 is 4.90 Å². The molecule has 144 valence electrons. The molecule has 1 saturated heterocycles. The van der Waals surface area contributed by atoms with E-state index in [9.17, 15) is 10.2 Å². The Kier molecular flexibility index (Phi) is 5.03. The number of aromatic hydroxyl groups is 2. The third kappa shape index (κ3) is 3.64. The number of rotatable bonds is 5. The van der Waals surface area contributed by atoms with Gasteiger partial charge in [0, 0.05) is 56.2 Å². The number of anilines is 1. The van der Waals surface area contributed by atoms with Crippen molar-refractivity contribution in [3.63, 3.8) is 0 Å². The molecule has 0 amide bonds. The van der Waals surface area contributed by atoms with Crippen molar-refractivity contribution in [1.82, 2.24) is 19.4 Å². The Labute approximate surface area is 159 Å². The highest BCUT2D eigenvalue weighted by atomic mass is 16.3.